The molecule has 2 aliphatic heterocycles. The summed E-state index contributed by atoms with van der Waals surface area (Å²) in [5.74, 6) is -5.08. The monoisotopic (exact) mass is 288 g/mol. The van der Waals surface area contributed by atoms with E-state index in [9.17, 15) is 17.6 Å². The molecule has 20 heavy (non-hydrogen) atoms. The fourth-order valence-electron chi connectivity index (χ4n) is 3.05. The smallest absolute Gasteiger partial charge is 0.187 e. The zero-order chi connectivity index (χ0) is 14.3. The molecule has 0 aromatic heterocycles. The average Bonchev–Trinajstić information content (AvgIpc) is 3.10. The van der Waals surface area contributed by atoms with Crippen LogP contribution in [0.2, 0.25) is 0 Å². The summed E-state index contributed by atoms with van der Waals surface area (Å²) in [6, 6.07) is 0. The van der Waals surface area contributed by atoms with Crippen LogP contribution in [0.5, 0.6) is 0 Å². The Bertz CT molecular complexity index is 444. The van der Waals surface area contributed by atoms with Crippen LogP contribution >= 0.6 is 0 Å². The van der Waals surface area contributed by atoms with Crippen molar-refractivity contribution in [3.05, 3.63) is 23.3 Å². The molecule has 2 heterocycles. The van der Waals surface area contributed by atoms with Gasteiger partial charge in [0.15, 0.2) is 23.3 Å². The molecule has 1 aromatic rings. The highest BCUT2D eigenvalue weighted by Crippen LogP contribution is 2.37. The van der Waals surface area contributed by atoms with E-state index < -0.39 is 34.6 Å². The molecule has 0 amide bonds. The first-order valence-corrected chi connectivity index (χ1v) is 6.97. The molecular weight excluding hydrogens is 272 g/mol. The molecule has 1 aromatic carbocycles. The normalized spacial score (nSPS) is 19.2. The molecule has 0 bridgehead atoms. The van der Waals surface area contributed by atoms with Crippen molar-refractivity contribution in [1.29, 1.82) is 0 Å². The standard InChI is InChI=1S/C14H16F4N2/c15-9-11(17)14(20-7-3-4-8-20)12(18)10(16)13(9)19-5-1-2-6-19/h1-8H2. The predicted molar refractivity (Wildman–Crippen MR) is 69.2 cm³/mol. The first-order valence-electron chi connectivity index (χ1n) is 6.97. The third-order valence-corrected chi connectivity index (χ3v) is 4.06. The number of nitrogens with zero attached hydrogens (tertiary/aromatic N) is 2. The van der Waals surface area contributed by atoms with Crippen molar-refractivity contribution in [3.63, 3.8) is 0 Å². The van der Waals surface area contributed by atoms with Gasteiger partial charge in [-0.1, -0.05) is 0 Å². The van der Waals surface area contributed by atoms with E-state index in [1.54, 1.807) is 0 Å². The van der Waals surface area contributed by atoms with Gasteiger partial charge in [0.2, 0.25) is 0 Å². The van der Waals surface area contributed by atoms with Gasteiger partial charge in [0, 0.05) is 26.2 Å². The molecule has 0 radical (unpaired) electrons. The van der Waals surface area contributed by atoms with Crippen LogP contribution in [0.15, 0.2) is 0 Å². The third kappa shape index (κ3) is 2.01. The number of halogens is 4. The molecule has 3 rings (SSSR count). The van der Waals surface area contributed by atoms with E-state index in [2.05, 4.69) is 0 Å². The van der Waals surface area contributed by atoms with Crippen LogP contribution in [-0.4, -0.2) is 26.2 Å². The quantitative estimate of drug-likeness (QED) is 0.607. The maximum Gasteiger partial charge on any atom is 0.187 e. The van der Waals surface area contributed by atoms with Crippen LogP contribution < -0.4 is 9.80 Å². The molecule has 0 spiro atoms. The van der Waals surface area contributed by atoms with Crippen molar-refractivity contribution >= 4 is 11.4 Å². The summed E-state index contributed by atoms with van der Waals surface area (Å²) in [4.78, 5) is 2.76. The zero-order valence-electron chi connectivity index (χ0n) is 11.1. The molecule has 0 N–H and O–H groups in total. The van der Waals surface area contributed by atoms with Crippen molar-refractivity contribution in [3.8, 4) is 0 Å². The van der Waals surface area contributed by atoms with Crippen molar-refractivity contribution in [2.24, 2.45) is 0 Å². The van der Waals surface area contributed by atoms with E-state index in [0.717, 1.165) is 25.7 Å². The third-order valence-electron chi connectivity index (χ3n) is 4.06. The average molecular weight is 288 g/mol. The van der Waals surface area contributed by atoms with Crippen LogP contribution in [0, 0.1) is 23.3 Å². The molecule has 110 valence electrons. The Kier molecular flexibility index (Phi) is 3.48. The summed E-state index contributed by atoms with van der Waals surface area (Å²) in [7, 11) is 0. The highest BCUT2D eigenvalue weighted by atomic mass is 19.2. The number of rotatable bonds is 2. The summed E-state index contributed by atoms with van der Waals surface area (Å²) in [6.45, 7) is 1.71. The van der Waals surface area contributed by atoms with E-state index in [1.807, 2.05) is 0 Å². The van der Waals surface area contributed by atoms with E-state index in [-0.39, 0.29) is 0 Å². The summed E-state index contributed by atoms with van der Waals surface area (Å²) in [5, 5.41) is 0. The first-order chi connectivity index (χ1) is 9.61. The topological polar surface area (TPSA) is 6.48 Å². The summed E-state index contributed by atoms with van der Waals surface area (Å²) in [6.07, 6.45) is 3.10. The van der Waals surface area contributed by atoms with Gasteiger partial charge in [-0.05, 0) is 25.7 Å². The first kappa shape index (κ1) is 13.5. The molecule has 0 aliphatic carbocycles. The largest absolute Gasteiger partial charge is 0.367 e. The Balaban J connectivity index is 2.10. The highest BCUT2D eigenvalue weighted by molar-refractivity contribution is 5.61. The van der Waals surface area contributed by atoms with Gasteiger partial charge >= 0.3 is 0 Å². The van der Waals surface area contributed by atoms with Crippen LogP contribution in [0.3, 0.4) is 0 Å². The SMILES string of the molecule is Fc1c(F)c(N2CCCC2)c(F)c(F)c1N1CCCC1. The number of hydrogen-bond acceptors (Lipinski definition) is 2. The number of hydrogen-bond donors (Lipinski definition) is 0. The molecule has 0 atom stereocenters. The van der Waals surface area contributed by atoms with Gasteiger partial charge in [0.1, 0.15) is 11.4 Å². The zero-order valence-corrected chi connectivity index (χ0v) is 11.1. The van der Waals surface area contributed by atoms with Crippen LogP contribution in [0.4, 0.5) is 28.9 Å². The summed E-state index contributed by atoms with van der Waals surface area (Å²) in [5.41, 5.74) is -1.11. The van der Waals surface area contributed by atoms with Crippen molar-refractivity contribution < 1.29 is 17.6 Å². The van der Waals surface area contributed by atoms with Gasteiger partial charge in [0.05, 0.1) is 0 Å². The molecule has 2 fully saturated rings. The Morgan fingerprint density at radius 2 is 0.750 bits per heavy atom. The maximum absolute atomic E-state index is 14.2. The van der Waals surface area contributed by atoms with E-state index in [4.69, 9.17) is 0 Å². The second kappa shape index (κ2) is 5.14. The Morgan fingerprint density at radius 3 is 1.00 bits per heavy atom. The Morgan fingerprint density at radius 1 is 0.500 bits per heavy atom. The Labute approximate surface area is 115 Å². The lowest BCUT2D eigenvalue weighted by Gasteiger charge is -2.24. The van der Waals surface area contributed by atoms with E-state index >= 15 is 0 Å². The lowest BCUT2D eigenvalue weighted by atomic mass is 10.2. The van der Waals surface area contributed by atoms with Gasteiger partial charge < -0.3 is 9.80 Å². The van der Waals surface area contributed by atoms with Gasteiger partial charge in [-0.25, -0.2) is 17.6 Å². The van der Waals surface area contributed by atoms with E-state index in [0.29, 0.717) is 26.2 Å². The minimum atomic E-state index is -1.27. The number of benzene rings is 1. The van der Waals surface area contributed by atoms with Gasteiger partial charge in [-0.2, -0.15) is 0 Å². The minimum Gasteiger partial charge on any atom is -0.367 e. The fraction of sp³-hybridized carbons (Fsp3) is 0.571. The molecule has 2 aliphatic rings. The van der Waals surface area contributed by atoms with Crippen molar-refractivity contribution in [1.82, 2.24) is 0 Å². The predicted octanol–water partition coefficient (Wildman–Crippen LogP) is 3.44. The molecule has 2 nitrogen and oxygen atoms in total. The second-order valence-corrected chi connectivity index (χ2v) is 5.34. The Hall–Kier alpha value is -1.46. The molecule has 0 saturated carbocycles. The highest BCUT2D eigenvalue weighted by Gasteiger charge is 2.32. The van der Waals surface area contributed by atoms with Gasteiger partial charge in [-0.3, -0.25) is 0 Å². The summed E-state index contributed by atoms with van der Waals surface area (Å²) < 4.78 is 56.6. The van der Waals surface area contributed by atoms with Crippen LogP contribution in [0.25, 0.3) is 0 Å². The lowest BCUT2D eigenvalue weighted by Crippen LogP contribution is -2.26. The molecule has 2 saturated heterocycles. The maximum atomic E-state index is 14.2. The fourth-order valence-corrected chi connectivity index (χ4v) is 3.05. The van der Waals surface area contributed by atoms with Crippen molar-refractivity contribution in [2.45, 2.75) is 25.7 Å². The molecular formula is C14H16F4N2. The second-order valence-electron chi connectivity index (χ2n) is 5.34. The van der Waals surface area contributed by atoms with E-state index in [1.165, 1.54) is 9.80 Å². The summed E-state index contributed by atoms with van der Waals surface area (Å²) >= 11 is 0. The minimum absolute atomic E-state index is 0.426. The van der Waals surface area contributed by atoms with Gasteiger partial charge in [0.25, 0.3) is 0 Å². The number of anilines is 2. The lowest BCUT2D eigenvalue weighted by molar-refractivity contribution is 0.453. The van der Waals surface area contributed by atoms with Gasteiger partial charge in [-0.15, -0.1) is 0 Å². The molecule has 0 unspecified atom stereocenters. The molecule has 6 heteroatoms. The van der Waals surface area contributed by atoms with Crippen molar-refractivity contribution in [2.75, 3.05) is 36.0 Å². The van der Waals surface area contributed by atoms with Crippen LogP contribution in [0.1, 0.15) is 25.7 Å². The van der Waals surface area contributed by atoms with Crippen LogP contribution in [-0.2, 0) is 0 Å².